The Kier molecular flexibility index (Phi) is 7.60. The van der Waals surface area contributed by atoms with Gasteiger partial charge in [0.25, 0.3) is 0 Å². The summed E-state index contributed by atoms with van der Waals surface area (Å²) in [5, 5.41) is 12.8. The summed E-state index contributed by atoms with van der Waals surface area (Å²) < 4.78 is 4.55. The molecule has 0 fully saturated rings. The molecule has 0 aliphatic heterocycles. The average Bonchev–Trinajstić information content (AvgIpc) is 2.15. The summed E-state index contributed by atoms with van der Waals surface area (Å²) in [6.45, 7) is 2.65. The topological polar surface area (TPSA) is 58.6 Å². The van der Waals surface area contributed by atoms with Crippen molar-refractivity contribution in [2.75, 3.05) is 32.2 Å². The minimum atomic E-state index is -0.748. The van der Waals surface area contributed by atoms with Crippen LogP contribution in [0.2, 0.25) is 0 Å². The van der Waals surface area contributed by atoms with Crippen LogP contribution in [0.15, 0.2) is 0 Å². The summed E-state index contributed by atoms with van der Waals surface area (Å²) in [6, 6.07) is 0. The van der Waals surface area contributed by atoms with Crippen molar-refractivity contribution in [1.82, 2.24) is 5.32 Å². The van der Waals surface area contributed by atoms with Gasteiger partial charge in [-0.05, 0) is 13.2 Å². The van der Waals surface area contributed by atoms with Crippen LogP contribution in [0.25, 0.3) is 0 Å². The van der Waals surface area contributed by atoms with Gasteiger partial charge in [-0.25, -0.2) is 0 Å². The Hall–Kier alpha value is 0.220. The Morgan fingerprint density at radius 2 is 2.33 bits per heavy atom. The number of halogens is 1. The lowest BCUT2D eigenvalue weighted by Gasteiger charge is -2.23. The molecule has 0 radical (unpaired) electrons. The normalized spacial score (nSPS) is 16.9. The first-order chi connectivity index (χ1) is 6.93. The number of methoxy groups -OCH3 is 1. The van der Waals surface area contributed by atoms with Crippen LogP contribution in [-0.2, 0) is 9.53 Å². The maximum atomic E-state index is 11.0. The van der Waals surface area contributed by atoms with E-state index in [1.165, 1.54) is 7.11 Å². The summed E-state index contributed by atoms with van der Waals surface area (Å²) >= 11 is 4.77. The maximum Gasteiger partial charge on any atom is 0.320 e. The molecule has 0 aromatic carbocycles. The van der Waals surface area contributed by atoms with E-state index in [4.69, 9.17) is 0 Å². The number of nitrogens with one attached hydrogen (secondary N) is 1. The molecule has 0 spiro atoms. The second-order valence-electron chi connectivity index (χ2n) is 3.55. The predicted molar refractivity (Wildman–Crippen MR) is 66.6 cm³/mol. The van der Waals surface area contributed by atoms with Crippen molar-refractivity contribution in [3.8, 4) is 0 Å². The van der Waals surface area contributed by atoms with Gasteiger partial charge in [0.05, 0.1) is 12.7 Å². The van der Waals surface area contributed by atoms with Crippen molar-refractivity contribution in [3.63, 3.8) is 0 Å². The van der Waals surface area contributed by atoms with Crippen LogP contribution in [0.5, 0.6) is 0 Å². The van der Waals surface area contributed by atoms with Gasteiger partial charge in [-0.2, -0.15) is 11.8 Å². The molecule has 2 atom stereocenters. The molecule has 0 aromatic rings. The van der Waals surface area contributed by atoms with Crippen LogP contribution >= 0.6 is 27.7 Å². The lowest BCUT2D eigenvalue weighted by molar-refractivity contribution is -0.139. The minimum Gasteiger partial charge on any atom is -0.468 e. The molecule has 0 aromatic heterocycles. The van der Waals surface area contributed by atoms with Gasteiger partial charge in [0.2, 0.25) is 0 Å². The van der Waals surface area contributed by atoms with Gasteiger partial charge in [0.1, 0.15) is 4.83 Å². The number of alkyl halides is 1. The van der Waals surface area contributed by atoms with Crippen LogP contribution in [0.4, 0.5) is 0 Å². The zero-order chi connectivity index (χ0) is 11.9. The highest BCUT2D eigenvalue weighted by atomic mass is 79.9. The first-order valence-electron chi connectivity index (χ1n) is 4.57. The molecule has 0 aliphatic carbocycles. The fourth-order valence-electron chi connectivity index (χ4n) is 1.04. The molecule has 0 aliphatic rings. The standard InChI is InChI=1S/C9H18BrNO3S/c1-9(13,6-15-3)5-11-4-7(10)8(12)14-2/h7,11,13H,4-6H2,1-3H3. The van der Waals surface area contributed by atoms with Gasteiger partial charge in [0.15, 0.2) is 0 Å². The van der Waals surface area contributed by atoms with Crippen molar-refractivity contribution < 1.29 is 14.6 Å². The summed E-state index contributed by atoms with van der Waals surface area (Å²) in [5.41, 5.74) is -0.748. The van der Waals surface area contributed by atoms with Gasteiger partial charge in [-0.3, -0.25) is 4.79 Å². The Morgan fingerprint density at radius 3 is 2.80 bits per heavy atom. The first-order valence-corrected chi connectivity index (χ1v) is 6.88. The number of carbonyl (C=O) groups excluding carboxylic acids is 1. The van der Waals surface area contributed by atoms with E-state index in [0.717, 1.165) is 0 Å². The highest BCUT2D eigenvalue weighted by Crippen LogP contribution is 2.09. The summed E-state index contributed by atoms with van der Waals surface area (Å²) in [5.74, 6) is 0.345. The zero-order valence-corrected chi connectivity index (χ0v) is 11.7. The average molecular weight is 300 g/mol. The van der Waals surface area contributed by atoms with Gasteiger partial charge in [-0.15, -0.1) is 0 Å². The summed E-state index contributed by atoms with van der Waals surface area (Å²) in [6.07, 6.45) is 1.94. The van der Waals surface area contributed by atoms with Crippen LogP contribution in [-0.4, -0.2) is 53.7 Å². The SMILES string of the molecule is COC(=O)C(Br)CNCC(C)(O)CSC. The fourth-order valence-corrected chi connectivity index (χ4v) is 2.18. The fraction of sp³-hybridized carbons (Fsp3) is 0.889. The first kappa shape index (κ1) is 15.2. The predicted octanol–water partition coefficient (Wildman–Crippen LogP) is 0.627. The van der Waals surface area contributed by atoms with E-state index in [1.54, 1.807) is 18.7 Å². The molecule has 6 heteroatoms. The molecule has 0 saturated heterocycles. The molecular weight excluding hydrogens is 282 g/mol. The van der Waals surface area contributed by atoms with Crippen LogP contribution in [0.1, 0.15) is 6.92 Å². The van der Waals surface area contributed by atoms with Crippen molar-refractivity contribution in [3.05, 3.63) is 0 Å². The zero-order valence-electron chi connectivity index (χ0n) is 9.25. The number of carbonyl (C=O) groups is 1. The van der Waals surface area contributed by atoms with Gasteiger partial charge in [-0.1, -0.05) is 15.9 Å². The second kappa shape index (κ2) is 7.49. The Morgan fingerprint density at radius 1 is 1.73 bits per heavy atom. The lowest BCUT2D eigenvalue weighted by atomic mass is 10.1. The van der Waals surface area contributed by atoms with Gasteiger partial charge >= 0.3 is 5.97 Å². The van der Waals surface area contributed by atoms with Crippen LogP contribution in [0, 0.1) is 0 Å². The molecule has 90 valence electrons. The molecule has 0 bridgehead atoms. The quantitative estimate of drug-likeness (QED) is 0.533. The number of thioether (sulfide) groups is 1. The number of ether oxygens (including phenoxy) is 1. The van der Waals surface area contributed by atoms with E-state index >= 15 is 0 Å². The largest absolute Gasteiger partial charge is 0.468 e. The number of rotatable bonds is 7. The molecular formula is C9H18BrNO3S. The monoisotopic (exact) mass is 299 g/mol. The van der Waals surface area contributed by atoms with Crippen molar-refractivity contribution in [2.24, 2.45) is 0 Å². The van der Waals surface area contributed by atoms with Gasteiger partial charge < -0.3 is 15.2 Å². The Bertz CT molecular complexity index is 202. The third-order valence-electron chi connectivity index (χ3n) is 1.74. The van der Waals surface area contributed by atoms with E-state index in [2.05, 4.69) is 26.0 Å². The summed E-state index contributed by atoms with van der Waals surface area (Å²) in [4.78, 5) is 10.6. The van der Waals surface area contributed by atoms with Crippen molar-refractivity contribution in [2.45, 2.75) is 17.4 Å². The number of aliphatic hydroxyl groups is 1. The maximum absolute atomic E-state index is 11.0. The van der Waals surface area contributed by atoms with E-state index in [0.29, 0.717) is 18.8 Å². The Balaban J connectivity index is 3.73. The van der Waals surface area contributed by atoms with Gasteiger partial charge in [0, 0.05) is 18.8 Å². The van der Waals surface area contributed by atoms with E-state index in [1.807, 2.05) is 6.26 Å². The molecule has 0 rings (SSSR count). The molecule has 15 heavy (non-hydrogen) atoms. The Labute approximate surface area is 103 Å². The lowest BCUT2D eigenvalue weighted by Crippen LogP contribution is -2.42. The van der Waals surface area contributed by atoms with Crippen LogP contribution < -0.4 is 5.32 Å². The number of hydrogen-bond donors (Lipinski definition) is 2. The van der Waals surface area contributed by atoms with E-state index < -0.39 is 5.60 Å². The minimum absolute atomic E-state index is 0.313. The second-order valence-corrected chi connectivity index (χ2v) is 5.52. The van der Waals surface area contributed by atoms with Crippen molar-refractivity contribution >= 4 is 33.7 Å². The highest BCUT2D eigenvalue weighted by Gasteiger charge is 2.21. The van der Waals surface area contributed by atoms with E-state index in [9.17, 15) is 9.90 Å². The third-order valence-corrected chi connectivity index (χ3v) is 3.35. The number of hydrogen-bond acceptors (Lipinski definition) is 5. The summed E-state index contributed by atoms with van der Waals surface area (Å²) in [7, 11) is 1.35. The van der Waals surface area contributed by atoms with Crippen molar-refractivity contribution in [1.29, 1.82) is 0 Å². The third kappa shape index (κ3) is 7.16. The molecule has 0 saturated carbocycles. The van der Waals surface area contributed by atoms with Crippen LogP contribution in [0.3, 0.4) is 0 Å². The number of esters is 1. The molecule has 4 nitrogen and oxygen atoms in total. The molecule has 2 N–H and O–H groups in total. The molecule has 0 heterocycles. The van der Waals surface area contributed by atoms with E-state index in [-0.39, 0.29) is 10.8 Å². The molecule has 2 unspecified atom stereocenters. The molecule has 0 amide bonds. The highest BCUT2D eigenvalue weighted by molar-refractivity contribution is 9.10. The smallest absolute Gasteiger partial charge is 0.320 e.